The Hall–Kier alpha value is -2.50. The molecule has 0 fully saturated rings. The fraction of sp³-hybridized carbons (Fsp3) is 0.286. The zero-order chi connectivity index (χ0) is 13.8. The minimum Gasteiger partial charge on any atom is -0.380 e. The van der Waals surface area contributed by atoms with E-state index in [-0.39, 0.29) is 12.1 Å². The van der Waals surface area contributed by atoms with Crippen LogP contribution in [0.5, 0.6) is 0 Å². The number of aryl methyl sites for hydroxylation is 1. The number of para-hydroxylation sites is 1. The van der Waals surface area contributed by atoms with Crippen molar-refractivity contribution in [3.05, 3.63) is 42.2 Å². The molecule has 2 amide bonds. The first-order valence-corrected chi connectivity index (χ1v) is 6.69. The van der Waals surface area contributed by atoms with Crippen LogP contribution >= 0.6 is 0 Å². The van der Waals surface area contributed by atoms with Crippen LogP contribution in [0.2, 0.25) is 0 Å². The number of amides is 2. The molecule has 1 aromatic heterocycles. The van der Waals surface area contributed by atoms with Crippen molar-refractivity contribution in [2.75, 3.05) is 17.2 Å². The van der Waals surface area contributed by atoms with Crippen molar-refractivity contribution >= 4 is 17.4 Å². The first kappa shape index (κ1) is 12.5. The Balaban J connectivity index is 1.49. The van der Waals surface area contributed by atoms with Gasteiger partial charge in [0, 0.05) is 24.5 Å². The summed E-state index contributed by atoms with van der Waals surface area (Å²) in [4.78, 5) is 11.7. The summed E-state index contributed by atoms with van der Waals surface area (Å²) >= 11 is 0. The number of fused-ring (bicyclic) bond motifs is 1. The van der Waals surface area contributed by atoms with Crippen LogP contribution in [0, 0.1) is 0 Å². The highest BCUT2D eigenvalue weighted by molar-refractivity contribution is 5.88. The van der Waals surface area contributed by atoms with E-state index in [4.69, 9.17) is 0 Å². The first-order chi connectivity index (χ1) is 9.81. The highest BCUT2D eigenvalue weighted by Crippen LogP contribution is 2.23. The van der Waals surface area contributed by atoms with Crippen molar-refractivity contribution < 1.29 is 4.79 Å². The van der Waals surface area contributed by atoms with Gasteiger partial charge in [-0.2, -0.15) is 5.10 Å². The average Bonchev–Trinajstić information content (AvgIpc) is 2.98. The SMILES string of the molecule is O=C(NCC1CCc2ccccc2N1)Nc1cn[nH]c1. The topological polar surface area (TPSA) is 81.8 Å². The second-order valence-electron chi connectivity index (χ2n) is 4.86. The third kappa shape index (κ3) is 2.90. The molecular weight excluding hydrogens is 254 g/mol. The summed E-state index contributed by atoms with van der Waals surface area (Å²) in [7, 11) is 0. The van der Waals surface area contributed by atoms with Crippen LogP contribution in [0.3, 0.4) is 0 Å². The van der Waals surface area contributed by atoms with Gasteiger partial charge in [0.1, 0.15) is 0 Å². The molecule has 20 heavy (non-hydrogen) atoms. The fourth-order valence-corrected chi connectivity index (χ4v) is 2.36. The highest BCUT2D eigenvalue weighted by Gasteiger charge is 2.17. The maximum atomic E-state index is 11.7. The van der Waals surface area contributed by atoms with E-state index >= 15 is 0 Å². The summed E-state index contributed by atoms with van der Waals surface area (Å²) in [6.07, 6.45) is 5.26. The summed E-state index contributed by atoms with van der Waals surface area (Å²) in [5, 5.41) is 15.4. The number of H-pyrrole nitrogens is 1. The quantitative estimate of drug-likeness (QED) is 0.688. The molecule has 6 nitrogen and oxygen atoms in total. The third-order valence-corrected chi connectivity index (χ3v) is 3.40. The van der Waals surface area contributed by atoms with E-state index in [1.807, 2.05) is 6.07 Å². The Morgan fingerprint density at radius 2 is 2.30 bits per heavy atom. The van der Waals surface area contributed by atoms with Crippen molar-refractivity contribution in [1.29, 1.82) is 0 Å². The van der Waals surface area contributed by atoms with Gasteiger partial charge in [-0.3, -0.25) is 5.10 Å². The second-order valence-corrected chi connectivity index (χ2v) is 4.86. The number of urea groups is 1. The minimum atomic E-state index is -0.216. The Bertz CT molecular complexity index is 581. The number of hydrogen-bond acceptors (Lipinski definition) is 3. The van der Waals surface area contributed by atoms with Gasteiger partial charge >= 0.3 is 6.03 Å². The van der Waals surface area contributed by atoms with Crippen molar-refractivity contribution in [3.63, 3.8) is 0 Å². The van der Waals surface area contributed by atoms with E-state index in [9.17, 15) is 4.79 Å². The Kier molecular flexibility index (Phi) is 3.54. The Morgan fingerprint density at radius 1 is 1.40 bits per heavy atom. The van der Waals surface area contributed by atoms with Gasteiger partial charge in [-0.1, -0.05) is 18.2 Å². The molecule has 6 heteroatoms. The third-order valence-electron chi connectivity index (χ3n) is 3.40. The molecule has 2 heterocycles. The van der Waals surface area contributed by atoms with Gasteiger partial charge in [-0.25, -0.2) is 4.79 Å². The average molecular weight is 271 g/mol. The number of benzene rings is 1. The number of nitrogens with zero attached hydrogens (tertiary/aromatic N) is 1. The van der Waals surface area contributed by atoms with Gasteiger partial charge in [-0.15, -0.1) is 0 Å². The molecule has 0 radical (unpaired) electrons. The molecule has 4 N–H and O–H groups in total. The number of nitrogens with one attached hydrogen (secondary N) is 4. The maximum absolute atomic E-state index is 11.7. The predicted octanol–water partition coefficient (Wildman–Crippen LogP) is 1.96. The zero-order valence-electron chi connectivity index (χ0n) is 11.0. The van der Waals surface area contributed by atoms with Gasteiger partial charge in [0.25, 0.3) is 0 Å². The number of rotatable bonds is 3. The van der Waals surface area contributed by atoms with Crippen LogP contribution in [-0.2, 0) is 6.42 Å². The molecule has 0 bridgehead atoms. The molecule has 104 valence electrons. The van der Waals surface area contributed by atoms with E-state index in [1.54, 1.807) is 12.4 Å². The van der Waals surface area contributed by atoms with Gasteiger partial charge < -0.3 is 16.0 Å². The van der Waals surface area contributed by atoms with Crippen molar-refractivity contribution in [3.8, 4) is 0 Å². The number of aromatic nitrogens is 2. The van der Waals surface area contributed by atoms with Crippen molar-refractivity contribution in [2.24, 2.45) is 0 Å². The molecule has 0 saturated carbocycles. The van der Waals surface area contributed by atoms with Gasteiger partial charge in [0.05, 0.1) is 11.9 Å². The molecule has 1 unspecified atom stereocenters. The van der Waals surface area contributed by atoms with E-state index in [0.29, 0.717) is 12.2 Å². The van der Waals surface area contributed by atoms with Crippen LogP contribution in [0.15, 0.2) is 36.7 Å². The molecule has 1 aliphatic rings. The van der Waals surface area contributed by atoms with Gasteiger partial charge in [-0.05, 0) is 24.5 Å². The zero-order valence-corrected chi connectivity index (χ0v) is 11.0. The molecule has 1 atom stereocenters. The summed E-state index contributed by atoms with van der Waals surface area (Å²) in [6, 6.07) is 8.34. The summed E-state index contributed by atoms with van der Waals surface area (Å²) < 4.78 is 0. The molecule has 0 saturated heterocycles. The van der Waals surface area contributed by atoms with Crippen molar-refractivity contribution in [2.45, 2.75) is 18.9 Å². The number of carbonyl (C=O) groups excluding carboxylic acids is 1. The van der Waals surface area contributed by atoms with Crippen LogP contribution in [0.25, 0.3) is 0 Å². The van der Waals surface area contributed by atoms with E-state index in [1.165, 1.54) is 11.3 Å². The van der Waals surface area contributed by atoms with Crippen LogP contribution in [0.1, 0.15) is 12.0 Å². The monoisotopic (exact) mass is 271 g/mol. The number of anilines is 2. The molecule has 1 aromatic carbocycles. The smallest absolute Gasteiger partial charge is 0.319 e. The Labute approximate surface area is 117 Å². The standard InChI is InChI=1S/C14H17N5O/c20-14(19-12-8-16-17-9-12)15-7-11-6-5-10-3-1-2-4-13(10)18-11/h1-4,8-9,11,18H,5-7H2,(H,16,17)(H2,15,19,20). The minimum absolute atomic E-state index is 0.216. The lowest BCUT2D eigenvalue weighted by Crippen LogP contribution is -2.40. The largest absolute Gasteiger partial charge is 0.380 e. The van der Waals surface area contributed by atoms with Crippen LogP contribution < -0.4 is 16.0 Å². The first-order valence-electron chi connectivity index (χ1n) is 6.69. The molecule has 0 aliphatic carbocycles. The highest BCUT2D eigenvalue weighted by atomic mass is 16.2. The molecule has 3 rings (SSSR count). The summed E-state index contributed by atoms with van der Waals surface area (Å²) in [5.41, 5.74) is 3.16. The lowest BCUT2D eigenvalue weighted by molar-refractivity contribution is 0.251. The lowest BCUT2D eigenvalue weighted by atomic mass is 9.98. The predicted molar refractivity (Wildman–Crippen MR) is 77.8 cm³/mol. The Morgan fingerprint density at radius 3 is 3.15 bits per heavy atom. The normalized spacial score (nSPS) is 16.9. The van der Waals surface area contributed by atoms with Gasteiger partial charge in [0.15, 0.2) is 0 Å². The second kappa shape index (κ2) is 5.64. The molecule has 0 spiro atoms. The molecular formula is C14H17N5O. The van der Waals surface area contributed by atoms with Crippen molar-refractivity contribution in [1.82, 2.24) is 15.5 Å². The number of carbonyl (C=O) groups is 1. The molecule has 1 aliphatic heterocycles. The van der Waals surface area contributed by atoms with E-state index in [0.717, 1.165) is 12.8 Å². The fourth-order valence-electron chi connectivity index (χ4n) is 2.36. The van der Waals surface area contributed by atoms with E-state index in [2.05, 4.69) is 44.3 Å². The lowest BCUT2D eigenvalue weighted by Gasteiger charge is -2.27. The summed E-state index contributed by atoms with van der Waals surface area (Å²) in [6.45, 7) is 0.595. The number of hydrogen-bond donors (Lipinski definition) is 4. The molecule has 2 aromatic rings. The van der Waals surface area contributed by atoms with Crippen LogP contribution in [0.4, 0.5) is 16.2 Å². The maximum Gasteiger partial charge on any atom is 0.319 e. The van der Waals surface area contributed by atoms with Gasteiger partial charge in [0.2, 0.25) is 0 Å². The van der Waals surface area contributed by atoms with Crippen LogP contribution in [-0.4, -0.2) is 28.8 Å². The number of aromatic amines is 1. The van der Waals surface area contributed by atoms with E-state index < -0.39 is 0 Å². The summed E-state index contributed by atoms with van der Waals surface area (Å²) in [5.74, 6) is 0.